The molecule has 2 amide bonds. The van der Waals surface area contributed by atoms with Crippen LogP contribution in [0.1, 0.15) is 29.8 Å². The lowest BCUT2D eigenvalue weighted by Crippen LogP contribution is -2.50. The summed E-state index contributed by atoms with van der Waals surface area (Å²) in [7, 11) is 0. The van der Waals surface area contributed by atoms with Gasteiger partial charge in [0.15, 0.2) is 0 Å². The summed E-state index contributed by atoms with van der Waals surface area (Å²) in [5, 5.41) is 0. The van der Waals surface area contributed by atoms with E-state index in [2.05, 4.69) is 41.9 Å². The first-order valence-corrected chi connectivity index (χ1v) is 9.34. The van der Waals surface area contributed by atoms with Gasteiger partial charge in [-0.05, 0) is 43.7 Å². The molecule has 1 aliphatic heterocycles. The highest BCUT2D eigenvalue weighted by molar-refractivity contribution is 5.94. The van der Waals surface area contributed by atoms with Crippen molar-refractivity contribution in [3.8, 4) is 0 Å². The number of rotatable bonds is 4. The van der Waals surface area contributed by atoms with E-state index in [1.54, 1.807) is 22.9 Å². The molecule has 3 rings (SSSR count). The predicted molar refractivity (Wildman–Crippen MR) is 106 cm³/mol. The van der Waals surface area contributed by atoms with E-state index in [-0.39, 0.29) is 11.8 Å². The Kier molecular flexibility index (Phi) is 5.74. The number of carbonyl (C=O) groups excluding carboxylic acids is 2. The number of amides is 2. The molecule has 0 spiro atoms. The topological polar surface area (TPSA) is 56.8 Å². The molecular formula is C21H26N4O2. The number of aromatic nitrogens is 1. The Labute approximate surface area is 160 Å². The second-order valence-electron chi connectivity index (χ2n) is 6.79. The van der Waals surface area contributed by atoms with E-state index < -0.39 is 0 Å². The van der Waals surface area contributed by atoms with Crippen molar-refractivity contribution in [1.82, 2.24) is 14.8 Å². The van der Waals surface area contributed by atoms with Gasteiger partial charge in [0.05, 0.1) is 5.56 Å². The standard InChI is InChI=1S/C21H26N4O2/c1-4-25(19-7-5-6-16(2)14-19)20-9-8-18(15-22-20)21(27)24-12-10-23(11-13-24)17(3)26/h5-9,14-15H,4,10-13H2,1-3H3. The third-order valence-electron chi connectivity index (χ3n) is 4.91. The summed E-state index contributed by atoms with van der Waals surface area (Å²) < 4.78 is 0. The van der Waals surface area contributed by atoms with Gasteiger partial charge in [-0.3, -0.25) is 9.59 Å². The molecule has 0 bridgehead atoms. The molecule has 0 unspecified atom stereocenters. The molecule has 0 atom stereocenters. The molecule has 1 aromatic carbocycles. The van der Waals surface area contributed by atoms with Crippen LogP contribution in [0.4, 0.5) is 11.5 Å². The van der Waals surface area contributed by atoms with Crippen LogP contribution in [0.2, 0.25) is 0 Å². The average Bonchev–Trinajstić information content (AvgIpc) is 2.69. The summed E-state index contributed by atoms with van der Waals surface area (Å²) >= 11 is 0. The van der Waals surface area contributed by atoms with Crippen molar-refractivity contribution in [1.29, 1.82) is 0 Å². The molecule has 0 saturated carbocycles. The molecule has 1 fully saturated rings. The molecule has 1 saturated heterocycles. The van der Waals surface area contributed by atoms with Crippen LogP contribution in [-0.2, 0) is 4.79 Å². The third kappa shape index (κ3) is 4.27. The number of benzene rings is 1. The summed E-state index contributed by atoms with van der Waals surface area (Å²) in [4.78, 5) is 34.3. The maximum Gasteiger partial charge on any atom is 0.255 e. The van der Waals surface area contributed by atoms with Crippen molar-refractivity contribution in [2.24, 2.45) is 0 Å². The zero-order valence-electron chi connectivity index (χ0n) is 16.2. The first-order chi connectivity index (χ1) is 13.0. The minimum Gasteiger partial charge on any atom is -0.339 e. The Bertz CT molecular complexity index is 811. The van der Waals surface area contributed by atoms with Gasteiger partial charge in [0.2, 0.25) is 5.91 Å². The molecule has 0 radical (unpaired) electrons. The van der Waals surface area contributed by atoms with Crippen molar-refractivity contribution in [3.63, 3.8) is 0 Å². The average molecular weight is 366 g/mol. The number of nitrogens with zero attached hydrogens (tertiary/aromatic N) is 4. The van der Waals surface area contributed by atoms with Crippen molar-refractivity contribution < 1.29 is 9.59 Å². The van der Waals surface area contributed by atoms with Crippen LogP contribution in [0, 0.1) is 6.92 Å². The Morgan fingerprint density at radius 3 is 2.33 bits per heavy atom. The summed E-state index contributed by atoms with van der Waals surface area (Å²) in [6.45, 7) is 8.79. The molecule has 27 heavy (non-hydrogen) atoms. The van der Waals surface area contributed by atoms with E-state index in [0.29, 0.717) is 31.7 Å². The fourth-order valence-corrected chi connectivity index (χ4v) is 3.35. The summed E-state index contributed by atoms with van der Waals surface area (Å²) in [6, 6.07) is 12.0. The Hall–Kier alpha value is -2.89. The molecule has 1 aromatic heterocycles. The Morgan fingerprint density at radius 1 is 1.07 bits per heavy atom. The third-order valence-corrected chi connectivity index (χ3v) is 4.91. The molecule has 142 valence electrons. The fourth-order valence-electron chi connectivity index (χ4n) is 3.35. The predicted octanol–water partition coefficient (Wildman–Crippen LogP) is 2.85. The summed E-state index contributed by atoms with van der Waals surface area (Å²) in [6.07, 6.45) is 1.65. The van der Waals surface area contributed by atoms with Gasteiger partial charge in [-0.1, -0.05) is 12.1 Å². The maximum atomic E-state index is 12.7. The molecule has 2 heterocycles. The van der Waals surface area contributed by atoms with Crippen LogP contribution in [0.5, 0.6) is 0 Å². The molecule has 2 aromatic rings. The van der Waals surface area contributed by atoms with Crippen LogP contribution in [0.25, 0.3) is 0 Å². The highest BCUT2D eigenvalue weighted by atomic mass is 16.2. The monoisotopic (exact) mass is 366 g/mol. The van der Waals surface area contributed by atoms with Crippen molar-refractivity contribution in [3.05, 3.63) is 53.7 Å². The number of hydrogen-bond donors (Lipinski definition) is 0. The zero-order valence-corrected chi connectivity index (χ0v) is 16.2. The lowest BCUT2D eigenvalue weighted by atomic mass is 10.2. The van der Waals surface area contributed by atoms with Crippen molar-refractivity contribution in [2.45, 2.75) is 20.8 Å². The van der Waals surface area contributed by atoms with E-state index in [0.717, 1.165) is 18.1 Å². The minimum absolute atomic E-state index is 0.0316. The van der Waals surface area contributed by atoms with Gasteiger partial charge < -0.3 is 14.7 Å². The first kappa shape index (κ1) is 18.9. The van der Waals surface area contributed by atoms with Crippen LogP contribution in [0.3, 0.4) is 0 Å². The van der Waals surface area contributed by atoms with Crippen molar-refractivity contribution >= 4 is 23.3 Å². The van der Waals surface area contributed by atoms with Crippen LogP contribution >= 0.6 is 0 Å². The smallest absolute Gasteiger partial charge is 0.255 e. The number of anilines is 2. The van der Waals surface area contributed by atoms with Gasteiger partial charge >= 0.3 is 0 Å². The lowest BCUT2D eigenvalue weighted by molar-refractivity contribution is -0.130. The fraction of sp³-hybridized carbons (Fsp3) is 0.381. The summed E-state index contributed by atoms with van der Waals surface area (Å²) in [5.74, 6) is 0.848. The Morgan fingerprint density at radius 2 is 1.78 bits per heavy atom. The number of carbonyl (C=O) groups is 2. The van der Waals surface area contributed by atoms with Crippen LogP contribution in [-0.4, -0.2) is 59.3 Å². The number of piperazine rings is 1. The van der Waals surface area contributed by atoms with E-state index in [4.69, 9.17) is 0 Å². The molecule has 1 aliphatic rings. The summed E-state index contributed by atoms with van der Waals surface area (Å²) in [5.41, 5.74) is 2.86. The molecule has 0 N–H and O–H groups in total. The lowest BCUT2D eigenvalue weighted by Gasteiger charge is -2.34. The molecule has 0 aliphatic carbocycles. The van der Waals surface area contributed by atoms with Crippen LogP contribution < -0.4 is 4.90 Å². The molecule has 6 nitrogen and oxygen atoms in total. The molecule has 6 heteroatoms. The zero-order chi connectivity index (χ0) is 19.4. The molecular weight excluding hydrogens is 340 g/mol. The largest absolute Gasteiger partial charge is 0.339 e. The van der Waals surface area contributed by atoms with Gasteiger partial charge in [-0.25, -0.2) is 4.98 Å². The highest BCUT2D eigenvalue weighted by Gasteiger charge is 2.23. The van der Waals surface area contributed by atoms with E-state index in [1.165, 1.54) is 5.56 Å². The number of hydrogen-bond acceptors (Lipinski definition) is 4. The van der Waals surface area contributed by atoms with E-state index in [1.807, 2.05) is 18.2 Å². The quantitative estimate of drug-likeness (QED) is 0.835. The van der Waals surface area contributed by atoms with Crippen LogP contribution in [0.15, 0.2) is 42.6 Å². The second kappa shape index (κ2) is 8.20. The normalized spacial score (nSPS) is 14.2. The number of aryl methyl sites for hydroxylation is 1. The second-order valence-corrected chi connectivity index (χ2v) is 6.79. The first-order valence-electron chi connectivity index (χ1n) is 9.34. The van der Waals surface area contributed by atoms with Crippen molar-refractivity contribution in [2.75, 3.05) is 37.6 Å². The van der Waals surface area contributed by atoms with Gasteiger partial charge in [0.25, 0.3) is 5.91 Å². The van der Waals surface area contributed by atoms with Gasteiger partial charge in [-0.2, -0.15) is 0 Å². The van der Waals surface area contributed by atoms with Gasteiger partial charge in [0, 0.05) is 51.5 Å². The highest BCUT2D eigenvalue weighted by Crippen LogP contribution is 2.24. The maximum absolute atomic E-state index is 12.7. The van der Waals surface area contributed by atoms with E-state index >= 15 is 0 Å². The minimum atomic E-state index is -0.0316. The number of pyridine rings is 1. The van der Waals surface area contributed by atoms with Gasteiger partial charge in [-0.15, -0.1) is 0 Å². The SMILES string of the molecule is CCN(c1cccc(C)c1)c1ccc(C(=O)N2CCN(C(C)=O)CC2)cn1. The Balaban J connectivity index is 1.71. The van der Waals surface area contributed by atoms with E-state index in [9.17, 15) is 9.59 Å². The van der Waals surface area contributed by atoms with Gasteiger partial charge in [0.1, 0.15) is 5.82 Å².